The molecule has 4 rings (SSSR count). The molecule has 1 aliphatic rings. The Balaban J connectivity index is 1.83. The molecule has 0 amide bonds. The molecule has 31 heavy (non-hydrogen) atoms. The Bertz CT molecular complexity index is 1220. The molecule has 0 fully saturated rings. The van der Waals surface area contributed by atoms with Crippen LogP contribution in [0.25, 0.3) is 16.9 Å². The van der Waals surface area contributed by atoms with Crippen molar-refractivity contribution in [1.82, 2.24) is 4.57 Å². The lowest BCUT2D eigenvalue weighted by Gasteiger charge is -2.32. The van der Waals surface area contributed by atoms with Crippen molar-refractivity contribution in [3.05, 3.63) is 65.4 Å². The first-order valence-electron chi connectivity index (χ1n) is 10.8. The quantitative estimate of drug-likeness (QED) is 0.598. The molecule has 2 N–H and O–H groups in total. The molecule has 0 saturated carbocycles. The standard InChI is InChI=1S/C25H30N2O3S/c1-5-6-18-16-23(19-7-12-24-20(15-19)13-14-25(3,4)30-24)27(17(18)2)21-8-10-22(11-9-21)31(26,28)29/h7-12,15-16H,5-6,13-14H2,1-4H3,(H2,26,28,29). The van der Waals surface area contributed by atoms with E-state index in [4.69, 9.17) is 9.88 Å². The fraction of sp³-hybridized carbons (Fsp3) is 0.360. The highest BCUT2D eigenvalue weighted by Crippen LogP contribution is 2.37. The highest BCUT2D eigenvalue weighted by atomic mass is 32.2. The van der Waals surface area contributed by atoms with Gasteiger partial charge in [0, 0.05) is 11.4 Å². The summed E-state index contributed by atoms with van der Waals surface area (Å²) >= 11 is 0. The minimum absolute atomic E-state index is 0.116. The summed E-state index contributed by atoms with van der Waals surface area (Å²) in [7, 11) is -3.72. The monoisotopic (exact) mass is 438 g/mol. The number of hydrogen-bond acceptors (Lipinski definition) is 3. The van der Waals surface area contributed by atoms with Crippen LogP contribution in [0, 0.1) is 6.92 Å². The number of hydrogen-bond donors (Lipinski definition) is 1. The zero-order valence-corrected chi connectivity index (χ0v) is 19.4. The van der Waals surface area contributed by atoms with Gasteiger partial charge in [-0.1, -0.05) is 13.3 Å². The predicted molar refractivity (Wildman–Crippen MR) is 124 cm³/mol. The van der Waals surface area contributed by atoms with Crippen LogP contribution in [0.15, 0.2) is 53.4 Å². The number of rotatable bonds is 5. The Morgan fingerprint density at radius 1 is 1.10 bits per heavy atom. The Morgan fingerprint density at radius 3 is 2.45 bits per heavy atom. The topological polar surface area (TPSA) is 74.3 Å². The molecule has 2 aromatic carbocycles. The maximum absolute atomic E-state index is 11.7. The smallest absolute Gasteiger partial charge is 0.238 e. The van der Waals surface area contributed by atoms with Gasteiger partial charge in [0.1, 0.15) is 11.4 Å². The van der Waals surface area contributed by atoms with Crippen LogP contribution in [0.4, 0.5) is 0 Å². The second-order valence-electron chi connectivity index (χ2n) is 8.95. The van der Waals surface area contributed by atoms with Gasteiger partial charge < -0.3 is 9.30 Å². The number of nitrogens with zero attached hydrogens (tertiary/aromatic N) is 1. The van der Waals surface area contributed by atoms with Crippen molar-refractivity contribution in [2.24, 2.45) is 5.14 Å². The predicted octanol–water partition coefficient (Wildman–Crippen LogP) is 5.16. The summed E-state index contributed by atoms with van der Waals surface area (Å²) in [6, 6.07) is 15.4. The first-order valence-corrected chi connectivity index (χ1v) is 12.3. The van der Waals surface area contributed by atoms with E-state index < -0.39 is 10.0 Å². The summed E-state index contributed by atoms with van der Waals surface area (Å²) in [5, 5.41) is 5.28. The van der Waals surface area contributed by atoms with Gasteiger partial charge >= 0.3 is 0 Å². The van der Waals surface area contributed by atoms with Crippen LogP contribution in [0.5, 0.6) is 5.75 Å². The number of aromatic nitrogens is 1. The molecule has 0 spiro atoms. The molecule has 2 heterocycles. The first-order chi connectivity index (χ1) is 14.6. The van der Waals surface area contributed by atoms with E-state index in [2.05, 4.69) is 56.5 Å². The van der Waals surface area contributed by atoms with Crippen LogP contribution in [0.2, 0.25) is 0 Å². The van der Waals surface area contributed by atoms with E-state index in [1.807, 2.05) is 12.1 Å². The maximum Gasteiger partial charge on any atom is 0.238 e. The zero-order valence-electron chi connectivity index (χ0n) is 18.6. The molecule has 0 saturated heterocycles. The third-order valence-corrected chi connectivity index (χ3v) is 6.96. The van der Waals surface area contributed by atoms with E-state index in [1.165, 1.54) is 11.1 Å². The molecule has 0 atom stereocenters. The summed E-state index contributed by atoms with van der Waals surface area (Å²) in [6.07, 6.45) is 4.02. The molecule has 0 bridgehead atoms. The minimum Gasteiger partial charge on any atom is -0.488 e. The second kappa shape index (κ2) is 7.84. The zero-order chi connectivity index (χ0) is 22.4. The lowest BCUT2D eigenvalue weighted by Crippen LogP contribution is -2.32. The highest BCUT2D eigenvalue weighted by Gasteiger charge is 2.27. The normalized spacial score (nSPS) is 15.4. The Morgan fingerprint density at radius 2 is 1.81 bits per heavy atom. The molecule has 1 aliphatic heterocycles. The van der Waals surface area contributed by atoms with Crippen LogP contribution in [-0.2, 0) is 22.9 Å². The molecule has 1 aromatic heterocycles. The van der Waals surface area contributed by atoms with E-state index in [9.17, 15) is 8.42 Å². The van der Waals surface area contributed by atoms with Gasteiger partial charge in [0.15, 0.2) is 0 Å². The lowest BCUT2D eigenvalue weighted by atomic mass is 9.93. The number of aryl methyl sites for hydroxylation is 2. The van der Waals surface area contributed by atoms with Crippen LogP contribution in [0.3, 0.4) is 0 Å². The average molecular weight is 439 g/mol. The molecule has 3 aromatic rings. The molecule has 164 valence electrons. The summed E-state index contributed by atoms with van der Waals surface area (Å²) in [5.74, 6) is 0.959. The third-order valence-electron chi connectivity index (χ3n) is 6.03. The number of ether oxygens (including phenoxy) is 1. The van der Waals surface area contributed by atoms with E-state index in [0.717, 1.165) is 54.1 Å². The van der Waals surface area contributed by atoms with E-state index in [0.29, 0.717) is 0 Å². The van der Waals surface area contributed by atoms with Crippen LogP contribution in [-0.4, -0.2) is 18.6 Å². The fourth-order valence-electron chi connectivity index (χ4n) is 4.33. The van der Waals surface area contributed by atoms with Gasteiger partial charge in [-0.2, -0.15) is 0 Å². The highest BCUT2D eigenvalue weighted by molar-refractivity contribution is 7.89. The van der Waals surface area contributed by atoms with Crippen LogP contribution < -0.4 is 9.88 Å². The van der Waals surface area contributed by atoms with E-state index in [1.54, 1.807) is 12.1 Å². The van der Waals surface area contributed by atoms with Crippen molar-refractivity contribution >= 4 is 10.0 Å². The number of nitrogens with two attached hydrogens (primary N) is 1. The van der Waals surface area contributed by atoms with Gasteiger partial charge in [0.05, 0.1) is 10.6 Å². The summed E-state index contributed by atoms with van der Waals surface area (Å²) < 4.78 is 31.7. The van der Waals surface area contributed by atoms with E-state index in [-0.39, 0.29) is 10.5 Å². The van der Waals surface area contributed by atoms with Gasteiger partial charge in [0.25, 0.3) is 0 Å². The van der Waals surface area contributed by atoms with Crippen molar-refractivity contribution in [2.45, 2.75) is 63.9 Å². The van der Waals surface area contributed by atoms with Crippen molar-refractivity contribution in [1.29, 1.82) is 0 Å². The molecule has 0 aliphatic carbocycles. The summed E-state index contributed by atoms with van der Waals surface area (Å²) in [6.45, 7) is 8.54. The first kappa shape index (κ1) is 21.7. The Hall–Kier alpha value is -2.57. The number of fused-ring (bicyclic) bond motifs is 1. The SMILES string of the molecule is CCCc1cc(-c2ccc3c(c2)CCC(C)(C)O3)n(-c2ccc(S(N)(=O)=O)cc2)c1C. The lowest BCUT2D eigenvalue weighted by molar-refractivity contribution is 0.0847. The molecular formula is C25H30N2O3S. The maximum atomic E-state index is 11.7. The van der Waals surface area contributed by atoms with Crippen molar-refractivity contribution in [3.63, 3.8) is 0 Å². The fourth-order valence-corrected chi connectivity index (χ4v) is 4.84. The molecule has 5 nitrogen and oxygen atoms in total. The number of primary sulfonamides is 1. The van der Waals surface area contributed by atoms with Gasteiger partial charge in [-0.15, -0.1) is 0 Å². The van der Waals surface area contributed by atoms with Crippen molar-refractivity contribution in [3.8, 4) is 22.7 Å². The van der Waals surface area contributed by atoms with Crippen molar-refractivity contribution in [2.75, 3.05) is 0 Å². The summed E-state index contributed by atoms with van der Waals surface area (Å²) in [5.41, 5.74) is 6.68. The van der Waals surface area contributed by atoms with Gasteiger partial charge in [-0.3, -0.25) is 0 Å². The average Bonchev–Trinajstić information content (AvgIpc) is 3.03. The summed E-state index contributed by atoms with van der Waals surface area (Å²) in [4.78, 5) is 0.116. The molecule has 6 heteroatoms. The third kappa shape index (κ3) is 4.27. The minimum atomic E-state index is -3.72. The van der Waals surface area contributed by atoms with Crippen molar-refractivity contribution < 1.29 is 13.2 Å². The second-order valence-corrected chi connectivity index (χ2v) is 10.5. The Kier molecular flexibility index (Phi) is 5.48. The number of sulfonamides is 1. The van der Waals surface area contributed by atoms with Gasteiger partial charge in [-0.05, 0) is 105 Å². The molecule has 0 unspecified atom stereocenters. The van der Waals surface area contributed by atoms with Crippen LogP contribution >= 0.6 is 0 Å². The Labute approximate surface area is 184 Å². The van der Waals surface area contributed by atoms with Gasteiger partial charge in [-0.25, -0.2) is 13.6 Å². The molecular weight excluding hydrogens is 408 g/mol. The van der Waals surface area contributed by atoms with Crippen LogP contribution in [0.1, 0.15) is 50.4 Å². The van der Waals surface area contributed by atoms with E-state index >= 15 is 0 Å². The van der Waals surface area contributed by atoms with Gasteiger partial charge in [0.2, 0.25) is 10.0 Å². The largest absolute Gasteiger partial charge is 0.488 e. The molecule has 0 radical (unpaired) electrons. The number of benzene rings is 2.